The molecule has 10 heteroatoms. The summed E-state index contributed by atoms with van der Waals surface area (Å²) in [4.78, 5) is 34.9. The molecule has 0 aliphatic rings. The van der Waals surface area contributed by atoms with Crippen LogP contribution in [0.2, 0.25) is 0 Å². The van der Waals surface area contributed by atoms with Gasteiger partial charge in [0.05, 0.1) is 13.2 Å². The van der Waals surface area contributed by atoms with Gasteiger partial charge in [0.15, 0.2) is 6.10 Å². The smallest absolute Gasteiger partial charge is 0.462 e. The van der Waals surface area contributed by atoms with Crippen LogP contribution in [0.1, 0.15) is 219 Å². The molecule has 0 amide bonds. The number of unbranched alkanes of at least 4 members (excludes halogenated alkanes) is 27. The molecular formula is C45H86NO8P. The van der Waals surface area contributed by atoms with Crippen LogP contribution in [-0.2, 0) is 32.7 Å². The van der Waals surface area contributed by atoms with Gasteiger partial charge in [0, 0.05) is 19.4 Å². The van der Waals surface area contributed by atoms with Crippen LogP contribution in [0.15, 0.2) is 24.3 Å². The van der Waals surface area contributed by atoms with Crippen molar-refractivity contribution in [1.29, 1.82) is 0 Å². The van der Waals surface area contributed by atoms with E-state index in [9.17, 15) is 19.0 Å². The summed E-state index contributed by atoms with van der Waals surface area (Å²) in [5.74, 6) is -0.837. The number of hydrogen-bond acceptors (Lipinski definition) is 8. The normalized spacial score (nSPS) is 13.5. The maximum atomic E-state index is 12.6. The van der Waals surface area contributed by atoms with Crippen molar-refractivity contribution >= 4 is 19.8 Å². The van der Waals surface area contributed by atoms with E-state index in [2.05, 4.69) is 38.2 Å². The van der Waals surface area contributed by atoms with Gasteiger partial charge in [0.1, 0.15) is 6.61 Å². The number of phosphoric ester groups is 1. The number of ether oxygens (including phenoxy) is 2. The Morgan fingerprint density at radius 2 is 0.927 bits per heavy atom. The molecule has 0 aromatic heterocycles. The van der Waals surface area contributed by atoms with Crippen molar-refractivity contribution in [3.05, 3.63) is 24.3 Å². The molecular weight excluding hydrogens is 713 g/mol. The molecule has 0 bridgehead atoms. The lowest BCUT2D eigenvalue weighted by Gasteiger charge is -2.19. The molecule has 0 aliphatic heterocycles. The third kappa shape index (κ3) is 41.9. The van der Waals surface area contributed by atoms with Gasteiger partial charge in [-0.15, -0.1) is 0 Å². The monoisotopic (exact) mass is 800 g/mol. The molecule has 0 aliphatic carbocycles. The summed E-state index contributed by atoms with van der Waals surface area (Å²) in [5.41, 5.74) is 5.35. The highest BCUT2D eigenvalue weighted by molar-refractivity contribution is 7.47. The van der Waals surface area contributed by atoms with E-state index >= 15 is 0 Å². The van der Waals surface area contributed by atoms with Crippen molar-refractivity contribution in [3.8, 4) is 0 Å². The standard InChI is InChI=1S/C45H86NO8P/c1-3-5-7-9-11-13-15-17-19-20-21-22-24-26-28-30-32-34-36-38-45(48)54-43(42-53-55(49,50)52-40-39-46)41-51-44(47)37-35-33-31-29-27-25-23-18-16-14-12-10-8-6-4-2/h14,16,18,23,43H,3-13,15,17,19-22,24-42,46H2,1-2H3,(H,49,50)/b16-14+,23-18+/t43-/m1/s1. The summed E-state index contributed by atoms with van der Waals surface area (Å²) < 4.78 is 32.8. The number of allylic oxidation sites excluding steroid dienone is 4. The third-order valence-electron chi connectivity index (χ3n) is 9.87. The van der Waals surface area contributed by atoms with E-state index < -0.39 is 32.5 Å². The second-order valence-electron chi connectivity index (χ2n) is 15.3. The maximum absolute atomic E-state index is 12.6. The number of phosphoric acid groups is 1. The lowest BCUT2D eigenvalue weighted by molar-refractivity contribution is -0.161. The molecule has 0 fully saturated rings. The largest absolute Gasteiger partial charge is 0.472 e. The van der Waals surface area contributed by atoms with Crippen molar-refractivity contribution in [2.75, 3.05) is 26.4 Å². The molecule has 0 radical (unpaired) electrons. The van der Waals surface area contributed by atoms with Gasteiger partial charge in [-0.1, -0.05) is 192 Å². The topological polar surface area (TPSA) is 134 Å². The van der Waals surface area contributed by atoms with E-state index in [4.69, 9.17) is 24.3 Å². The molecule has 0 saturated heterocycles. The maximum Gasteiger partial charge on any atom is 0.472 e. The fraction of sp³-hybridized carbons (Fsp3) is 0.867. The Hall–Kier alpha value is -1.51. The number of carbonyl (C=O) groups excluding carboxylic acids is 2. The summed E-state index contributed by atoms with van der Waals surface area (Å²) in [6.45, 7) is 3.72. The van der Waals surface area contributed by atoms with Gasteiger partial charge in [-0.25, -0.2) is 4.57 Å². The zero-order chi connectivity index (χ0) is 40.3. The SMILES string of the molecule is CCCCCC/C=C/C=C/CCCCCCCC(=O)OC[C@H](COP(=O)(O)OCCN)OC(=O)CCCCCCCCCCCCCCCCCCCCC. The van der Waals surface area contributed by atoms with E-state index in [0.717, 1.165) is 51.4 Å². The second kappa shape index (κ2) is 42.1. The lowest BCUT2D eigenvalue weighted by Crippen LogP contribution is -2.29. The fourth-order valence-corrected chi connectivity index (χ4v) is 7.22. The average molecular weight is 800 g/mol. The van der Waals surface area contributed by atoms with Crippen molar-refractivity contribution < 1.29 is 37.6 Å². The Labute approximate surface area is 338 Å². The van der Waals surface area contributed by atoms with Crippen LogP contribution < -0.4 is 5.73 Å². The van der Waals surface area contributed by atoms with Crippen LogP contribution in [0.25, 0.3) is 0 Å². The quantitative estimate of drug-likeness (QED) is 0.0267. The molecule has 9 nitrogen and oxygen atoms in total. The summed E-state index contributed by atoms with van der Waals surface area (Å²) in [5, 5.41) is 0. The molecule has 0 heterocycles. The molecule has 0 rings (SSSR count). The molecule has 0 saturated carbocycles. The van der Waals surface area contributed by atoms with Gasteiger partial charge in [-0.05, 0) is 38.5 Å². The number of esters is 2. The lowest BCUT2D eigenvalue weighted by atomic mass is 10.0. The predicted molar refractivity (Wildman–Crippen MR) is 229 cm³/mol. The second-order valence-corrected chi connectivity index (χ2v) is 16.8. The van der Waals surface area contributed by atoms with Gasteiger partial charge in [0.2, 0.25) is 0 Å². The van der Waals surface area contributed by atoms with Gasteiger partial charge < -0.3 is 20.1 Å². The first-order chi connectivity index (χ1) is 26.8. The summed E-state index contributed by atoms with van der Waals surface area (Å²) >= 11 is 0. The molecule has 324 valence electrons. The van der Waals surface area contributed by atoms with E-state index in [1.807, 2.05) is 0 Å². The van der Waals surface area contributed by atoms with Gasteiger partial charge >= 0.3 is 19.8 Å². The van der Waals surface area contributed by atoms with Crippen LogP contribution in [0.3, 0.4) is 0 Å². The Balaban J connectivity index is 4.11. The fourth-order valence-electron chi connectivity index (χ4n) is 6.45. The third-order valence-corrected chi connectivity index (χ3v) is 10.9. The number of hydrogen-bond donors (Lipinski definition) is 2. The first kappa shape index (κ1) is 53.5. The predicted octanol–water partition coefficient (Wildman–Crippen LogP) is 13.2. The minimum Gasteiger partial charge on any atom is -0.462 e. The van der Waals surface area contributed by atoms with Crippen LogP contribution >= 0.6 is 7.82 Å². The summed E-state index contributed by atoms with van der Waals surface area (Å²) in [7, 11) is -4.38. The zero-order valence-electron chi connectivity index (χ0n) is 35.7. The van der Waals surface area contributed by atoms with Gasteiger partial charge in [-0.3, -0.25) is 18.6 Å². The number of carbonyl (C=O) groups is 2. The van der Waals surface area contributed by atoms with E-state index in [0.29, 0.717) is 12.8 Å². The van der Waals surface area contributed by atoms with Crippen LogP contribution in [0.5, 0.6) is 0 Å². The molecule has 0 spiro atoms. The van der Waals surface area contributed by atoms with Crippen LogP contribution in [0.4, 0.5) is 0 Å². The van der Waals surface area contributed by atoms with E-state index in [1.54, 1.807) is 0 Å². The number of nitrogens with two attached hydrogens (primary N) is 1. The van der Waals surface area contributed by atoms with Crippen LogP contribution in [-0.4, -0.2) is 49.3 Å². The van der Waals surface area contributed by atoms with Crippen LogP contribution in [0, 0.1) is 0 Å². The molecule has 3 N–H and O–H groups in total. The van der Waals surface area contributed by atoms with Crippen molar-refractivity contribution in [3.63, 3.8) is 0 Å². The molecule has 0 aromatic carbocycles. The molecule has 2 atom stereocenters. The Morgan fingerprint density at radius 1 is 0.545 bits per heavy atom. The van der Waals surface area contributed by atoms with E-state index in [1.165, 1.54) is 128 Å². The highest BCUT2D eigenvalue weighted by Gasteiger charge is 2.26. The molecule has 1 unspecified atom stereocenters. The average Bonchev–Trinajstić information content (AvgIpc) is 3.17. The van der Waals surface area contributed by atoms with Crippen molar-refractivity contribution in [1.82, 2.24) is 0 Å². The van der Waals surface area contributed by atoms with Crippen molar-refractivity contribution in [2.45, 2.75) is 225 Å². The minimum atomic E-state index is -4.38. The summed E-state index contributed by atoms with van der Waals surface area (Å²) in [6, 6.07) is 0. The summed E-state index contributed by atoms with van der Waals surface area (Å²) in [6.07, 6.45) is 44.9. The van der Waals surface area contributed by atoms with E-state index in [-0.39, 0.29) is 32.6 Å². The minimum absolute atomic E-state index is 0.0529. The highest BCUT2D eigenvalue weighted by atomic mass is 31.2. The van der Waals surface area contributed by atoms with Crippen molar-refractivity contribution in [2.24, 2.45) is 5.73 Å². The van der Waals surface area contributed by atoms with Gasteiger partial charge in [0.25, 0.3) is 0 Å². The Kier molecular flexibility index (Phi) is 40.9. The zero-order valence-corrected chi connectivity index (χ0v) is 36.6. The highest BCUT2D eigenvalue weighted by Crippen LogP contribution is 2.43. The first-order valence-electron chi connectivity index (χ1n) is 22.8. The molecule has 0 aromatic rings. The van der Waals surface area contributed by atoms with Gasteiger partial charge in [-0.2, -0.15) is 0 Å². The molecule has 55 heavy (non-hydrogen) atoms. The Bertz CT molecular complexity index is 959. The first-order valence-corrected chi connectivity index (χ1v) is 24.3. The Morgan fingerprint density at radius 3 is 1.36 bits per heavy atom. The number of rotatable bonds is 43.